The fourth-order valence-corrected chi connectivity index (χ4v) is 1.66. The van der Waals surface area contributed by atoms with Gasteiger partial charge < -0.3 is 10.1 Å². The van der Waals surface area contributed by atoms with Crippen LogP contribution in [0.3, 0.4) is 0 Å². The normalized spacial score (nSPS) is 19.6. The van der Waals surface area contributed by atoms with Crippen molar-refractivity contribution in [1.82, 2.24) is 0 Å². The Morgan fingerprint density at radius 3 is 3.00 bits per heavy atom. The Kier molecular flexibility index (Phi) is 3.01. The van der Waals surface area contributed by atoms with E-state index < -0.39 is 6.10 Å². The van der Waals surface area contributed by atoms with Gasteiger partial charge in [0.2, 0.25) is 0 Å². The highest BCUT2D eigenvalue weighted by molar-refractivity contribution is 5.97. The molecule has 0 fully saturated rings. The molecule has 0 saturated heterocycles. The number of carbonyl (C=O) groups excluding carboxylic acids is 2. The number of fused-ring (bicyclic) bond motifs is 1. The summed E-state index contributed by atoms with van der Waals surface area (Å²) < 4.78 is 5.42. The van der Waals surface area contributed by atoms with E-state index >= 15 is 0 Å². The standard InChI is InChI=1S/C12H13NO3/c1-8(14)6-11-12(15)13-10-5-3-2-4-9(10)7-16-11/h2-5,11H,6-7H2,1H3,(H,13,15). The molecule has 0 spiro atoms. The maximum absolute atomic E-state index is 11.7. The highest BCUT2D eigenvalue weighted by Gasteiger charge is 2.25. The van der Waals surface area contributed by atoms with Crippen LogP contribution in [-0.4, -0.2) is 17.8 Å². The Morgan fingerprint density at radius 1 is 1.50 bits per heavy atom. The number of amides is 1. The molecule has 1 amide bonds. The first-order chi connectivity index (χ1) is 7.66. The van der Waals surface area contributed by atoms with Crippen LogP contribution in [0, 0.1) is 0 Å². The lowest BCUT2D eigenvalue weighted by Crippen LogP contribution is -2.30. The average Bonchev–Trinajstić information content (AvgIpc) is 2.39. The molecule has 1 atom stereocenters. The highest BCUT2D eigenvalue weighted by Crippen LogP contribution is 2.21. The number of hydrogen-bond acceptors (Lipinski definition) is 3. The van der Waals surface area contributed by atoms with E-state index in [1.807, 2.05) is 24.3 Å². The minimum Gasteiger partial charge on any atom is -0.363 e. The average molecular weight is 219 g/mol. The summed E-state index contributed by atoms with van der Waals surface area (Å²) >= 11 is 0. The molecule has 1 aliphatic heterocycles. The van der Waals surface area contributed by atoms with Gasteiger partial charge in [0.15, 0.2) is 0 Å². The van der Waals surface area contributed by atoms with Crippen LogP contribution in [-0.2, 0) is 20.9 Å². The second kappa shape index (κ2) is 4.45. The van der Waals surface area contributed by atoms with Crippen molar-refractivity contribution in [1.29, 1.82) is 0 Å². The van der Waals surface area contributed by atoms with E-state index in [2.05, 4.69) is 5.32 Å². The molecule has 84 valence electrons. The zero-order chi connectivity index (χ0) is 11.5. The lowest BCUT2D eigenvalue weighted by molar-refractivity contribution is -0.133. The molecule has 1 unspecified atom stereocenters. The molecule has 1 aliphatic rings. The van der Waals surface area contributed by atoms with Crippen molar-refractivity contribution in [3.63, 3.8) is 0 Å². The number of carbonyl (C=O) groups is 2. The Balaban J connectivity index is 2.18. The van der Waals surface area contributed by atoms with Gasteiger partial charge in [0.1, 0.15) is 11.9 Å². The van der Waals surface area contributed by atoms with Crippen LogP contribution in [0.5, 0.6) is 0 Å². The third kappa shape index (κ3) is 2.28. The maximum Gasteiger partial charge on any atom is 0.253 e. The van der Waals surface area contributed by atoms with Crippen molar-refractivity contribution >= 4 is 17.4 Å². The number of ketones is 1. The molecule has 4 heteroatoms. The number of nitrogens with one attached hydrogen (secondary N) is 1. The van der Waals surface area contributed by atoms with E-state index in [4.69, 9.17) is 4.74 Å². The van der Waals surface area contributed by atoms with Crippen LogP contribution in [0.2, 0.25) is 0 Å². The van der Waals surface area contributed by atoms with Gasteiger partial charge in [-0.1, -0.05) is 18.2 Å². The topological polar surface area (TPSA) is 55.4 Å². The minimum atomic E-state index is -0.676. The van der Waals surface area contributed by atoms with Crippen molar-refractivity contribution < 1.29 is 14.3 Å². The molecule has 1 aromatic carbocycles. The minimum absolute atomic E-state index is 0.0499. The summed E-state index contributed by atoms with van der Waals surface area (Å²) in [4.78, 5) is 22.7. The first kappa shape index (κ1) is 10.8. The largest absolute Gasteiger partial charge is 0.363 e. The van der Waals surface area contributed by atoms with Crippen LogP contribution >= 0.6 is 0 Å². The van der Waals surface area contributed by atoms with Crippen LogP contribution in [0.15, 0.2) is 24.3 Å². The van der Waals surface area contributed by atoms with Gasteiger partial charge in [-0.15, -0.1) is 0 Å². The molecule has 4 nitrogen and oxygen atoms in total. The summed E-state index contributed by atoms with van der Waals surface area (Å²) in [5, 5.41) is 2.76. The molecule has 0 saturated carbocycles. The van der Waals surface area contributed by atoms with Gasteiger partial charge in [-0.2, -0.15) is 0 Å². The van der Waals surface area contributed by atoms with Gasteiger partial charge in [-0.3, -0.25) is 9.59 Å². The molecule has 16 heavy (non-hydrogen) atoms. The Labute approximate surface area is 93.6 Å². The third-order valence-corrected chi connectivity index (χ3v) is 2.48. The molecule has 1 N–H and O–H groups in total. The van der Waals surface area contributed by atoms with Crippen molar-refractivity contribution in [2.24, 2.45) is 0 Å². The lowest BCUT2D eigenvalue weighted by atomic mass is 10.2. The van der Waals surface area contributed by atoms with E-state index in [9.17, 15) is 9.59 Å². The van der Waals surface area contributed by atoms with Crippen LogP contribution < -0.4 is 5.32 Å². The fraction of sp³-hybridized carbons (Fsp3) is 0.333. The van der Waals surface area contributed by atoms with Gasteiger partial charge in [0, 0.05) is 17.7 Å². The third-order valence-electron chi connectivity index (χ3n) is 2.48. The van der Waals surface area contributed by atoms with E-state index in [1.54, 1.807) is 0 Å². The predicted molar refractivity (Wildman–Crippen MR) is 58.9 cm³/mol. The van der Waals surface area contributed by atoms with Gasteiger partial charge in [0.05, 0.1) is 6.61 Å². The molecule has 1 aromatic rings. The molecular formula is C12H13NO3. The first-order valence-electron chi connectivity index (χ1n) is 5.16. The predicted octanol–water partition coefficient (Wildman–Crippen LogP) is 1.50. The zero-order valence-corrected chi connectivity index (χ0v) is 9.03. The fourth-order valence-electron chi connectivity index (χ4n) is 1.66. The maximum atomic E-state index is 11.7. The van der Waals surface area contributed by atoms with Crippen molar-refractivity contribution in [3.05, 3.63) is 29.8 Å². The number of rotatable bonds is 2. The van der Waals surface area contributed by atoms with Gasteiger partial charge >= 0.3 is 0 Å². The number of Topliss-reactive ketones (excluding diaryl/α,β-unsaturated/α-hetero) is 1. The summed E-state index contributed by atoms with van der Waals surface area (Å²) in [7, 11) is 0. The van der Waals surface area contributed by atoms with Crippen molar-refractivity contribution in [2.75, 3.05) is 5.32 Å². The van der Waals surface area contributed by atoms with Gasteiger partial charge in [-0.05, 0) is 13.0 Å². The first-order valence-corrected chi connectivity index (χ1v) is 5.16. The molecule has 0 aliphatic carbocycles. The molecule has 0 aromatic heterocycles. The monoisotopic (exact) mass is 219 g/mol. The number of hydrogen-bond donors (Lipinski definition) is 1. The lowest BCUT2D eigenvalue weighted by Gasteiger charge is -2.11. The second-order valence-electron chi connectivity index (χ2n) is 3.85. The highest BCUT2D eigenvalue weighted by atomic mass is 16.5. The second-order valence-corrected chi connectivity index (χ2v) is 3.85. The number of para-hydroxylation sites is 1. The molecule has 0 bridgehead atoms. The quantitative estimate of drug-likeness (QED) is 0.820. The Hall–Kier alpha value is -1.68. The summed E-state index contributed by atoms with van der Waals surface area (Å²) in [6, 6.07) is 7.46. The summed E-state index contributed by atoms with van der Waals surface area (Å²) in [6.45, 7) is 1.81. The van der Waals surface area contributed by atoms with Crippen molar-refractivity contribution in [3.8, 4) is 0 Å². The summed E-state index contributed by atoms with van der Waals surface area (Å²) in [5.74, 6) is -0.300. The van der Waals surface area contributed by atoms with Crippen LogP contribution in [0.4, 0.5) is 5.69 Å². The van der Waals surface area contributed by atoms with E-state index in [0.29, 0.717) is 6.61 Å². The number of anilines is 1. The molecule has 1 heterocycles. The van der Waals surface area contributed by atoms with Crippen molar-refractivity contribution in [2.45, 2.75) is 26.1 Å². The molecule has 0 radical (unpaired) electrons. The van der Waals surface area contributed by atoms with Gasteiger partial charge in [-0.25, -0.2) is 0 Å². The smallest absolute Gasteiger partial charge is 0.253 e. The summed E-state index contributed by atoms with van der Waals surface area (Å²) in [5.41, 5.74) is 1.69. The summed E-state index contributed by atoms with van der Waals surface area (Å²) in [6.07, 6.45) is -0.551. The van der Waals surface area contributed by atoms with E-state index in [-0.39, 0.29) is 18.1 Å². The molecular weight excluding hydrogens is 206 g/mol. The Morgan fingerprint density at radius 2 is 2.25 bits per heavy atom. The zero-order valence-electron chi connectivity index (χ0n) is 9.03. The number of ether oxygens (including phenoxy) is 1. The number of benzene rings is 1. The SMILES string of the molecule is CC(=O)CC1OCc2ccccc2NC1=O. The van der Waals surface area contributed by atoms with Gasteiger partial charge in [0.25, 0.3) is 5.91 Å². The van der Waals surface area contributed by atoms with Crippen LogP contribution in [0.25, 0.3) is 0 Å². The van der Waals surface area contributed by atoms with E-state index in [0.717, 1.165) is 11.3 Å². The van der Waals surface area contributed by atoms with E-state index in [1.165, 1.54) is 6.92 Å². The Bertz CT molecular complexity index is 428. The van der Waals surface area contributed by atoms with Crippen LogP contribution in [0.1, 0.15) is 18.9 Å². The molecule has 2 rings (SSSR count).